The summed E-state index contributed by atoms with van der Waals surface area (Å²) in [5, 5.41) is 0.784. The molecule has 1 aliphatic rings. The minimum absolute atomic E-state index is 0.784. The van der Waals surface area contributed by atoms with E-state index in [9.17, 15) is 0 Å². The van der Waals surface area contributed by atoms with E-state index in [0.717, 1.165) is 38.6 Å². The minimum atomic E-state index is 0.784. The van der Waals surface area contributed by atoms with E-state index in [1.807, 2.05) is 18.3 Å². The first kappa shape index (κ1) is 16.8. The zero-order valence-corrected chi connectivity index (χ0v) is 17.0. The number of halogens is 1. The number of hydrogen-bond donors (Lipinski definition) is 0. The van der Waals surface area contributed by atoms with E-state index in [2.05, 4.69) is 51.4 Å². The molecular weight excluding hydrogens is 416 g/mol. The van der Waals surface area contributed by atoms with Crippen LogP contribution in [0, 0.1) is 0 Å². The van der Waals surface area contributed by atoms with Gasteiger partial charge in [-0.15, -0.1) is 11.8 Å². The predicted molar refractivity (Wildman–Crippen MR) is 110 cm³/mol. The molecule has 0 aliphatic heterocycles. The van der Waals surface area contributed by atoms with Crippen molar-refractivity contribution in [2.45, 2.75) is 11.3 Å². The second-order valence-electron chi connectivity index (χ2n) is 5.58. The molecule has 4 rings (SSSR count). The zero-order valence-electron chi connectivity index (χ0n) is 13.7. The maximum Gasteiger partial charge on any atom is 0.209 e. The molecular formula is C19H15BrN2OS2. The fourth-order valence-electron chi connectivity index (χ4n) is 2.89. The number of thioether (sulfide) groups is 1. The molecule has 126 valence electrons. The van der Waals surface area contributed by atoms with Gasteiger partial charge in [0.25, 0.3) is 0 Å². The summed E-state index contributed by atoms with van der Waals surface area (Å²) in [5.74, 6) is 0.866. The van der Waals surface area contributed by atoms with Crippen LogP contribution in [0.3, 0.4) is 0 Å². The van der Waals surface area contributed by atoms with Crippen LogP contribution in [-0.2, 0) is 6.42 Å². The number of hydrogen-bond acceptors (Lipinski definition) is 5. The summed E-state index contributed by atoms with van der Waals surface area (Å²) in [6, 6.07) is 12.4. The van der Waals surface area contributed by atoms with Gasteiger partial charge >= 0.3 is 0 Å². The Labute approximate surface area is 163 Å². The molecule has 25 heavy (non-hydrogen) atoms. The van der Waals surface area contributed by atoms with Crippen molar-refractivity contribution in [1.82, 2.24) is 4.98 Å². The molecule has 6 heteroatoms. The molecule has 0 spiro atoms. The van der Waals surface area contributed by atoms with Crippen LogP contribution >= 0.6 is 39.0 Å². The van der Waals surface area contributed by atoms with Gasteiger partial charge < -0.3 is 4.74 Å². The molecule has 0 amide bonds. The molecule has 0 saturated carbocycles. The van der Waals surface area contributed by atoms with E-state index >= 15 is 0 Å². The maximum atomic E-state index is 5.53. The van der Waals surface area contributed by atoms with Gasteiger partial charge in [0.1, 0.15) is 5.75 Å². The second kappa shape index (κ2) is 6.94. The molecule has 1 heterocycles. The lowest BCUT2D eigenvalue weighted by atomic mass is 10.1. The molecule has 1 aromatic heterocycles. The van der Waals surface area contributed by atoms with Gasteiger partial charge in [0.2, 0.25) is 5.13 Å². The largest absolute Gasteiger partial charge is 0.496 e. The molecule has 0 N–H and O–H groups in total. The standard InChI is InChI=1S/C19H15BrN2OS2/c1-23-15-8-7-14(20)13-9-16-18(17(13)15)22-19(25-16)21-10-11-3-5-12(24-2)6-4-11/h3-8,10H,9H2,1-2H3. The molecule has 0 fully saturated rings. The lowest BCUT2D eigenvalue weighted by Gasteiger charge is -2.08. The Bertz CT molecular complexity index is 964. The van der Waals surface area contributed by atoms with Gasteiger partial charge in [-0.1, -0.05) is 39.4 Å². The van der Waals surface area contributed by atoms with Crippen molar-refractivity contribution in [3.8, 4) is 17.0 Å². The van der Waals surface area contributed by atoms with Crippen molar-refractivity contribution < 1.29 is 4.74 Å². The molecule has 0 atom stereocenters. The van der Waals surface area contributed by atoms with Crippen LogP contribution in [0.15, 0.2) is 50.8 Å². The summed E-state index contributed by atoms with van der Waals surface area (Å²) in [7, 11) is 1.70. The molecule has 0 unspecified atom stereocenters. The zero-order chi connectivity index (χ0) is 17.4. The van der Waals surface area contributed by atoms with Crippen molar-refractivity contribution in [2.24, 2.45) is 4.99 Å². The van der Waals surface area contributed by atoms with Crippen molar-refractivity contribution in [3.63, 3.8) is 0 Å². The summed E-state index contributed by atoms with van der Waals surface area (Å²) < 4.78 is 6.64. The third kappa shape index (κ3) is 3.14. The Kier molecular flexibility index (Phi) is 4.67. The number of methoxy groups -OCH3 is 1. The van der Waals surface area contributed by atoms with Gasteiger partial charge in [-0.25, -0.2) is 9.98 Å². The van der Waals surface area contributed by atoms with E-state index in [4.69, 9.17) is 9.72 Å². The van der Waals surface area contributed by atoms with Gasteiger partial charge in [0, 0.05) is 32.4 Å². The molecule has 1 aliphatic carbocycles. The van der Waals surface area contributed by atoms with E-state index in [-0.39, 0.29) is 0 Å². The maximum absolute atomic E-state index is 5.53. The smallest absolute Gasteiger partial charge is 0.209 e. The molecule has 0 saturated heterocycles. The molecule has 0 bridgehead atoms. The predicted octanol–water partition coefficient (Wildman–Crippen LogP) is 5.96. The number of fused-ring (bicyclic) bond motifs is 3. The first-order valence-electron chi connectivity index (χ1n) is 7.73. The number of aliphatic imine (C=N–C) groups is 1. The monoisotopic (exact) mass is 430 g/mol. The highest BCUT2D eigenvalue weighted by molar-refractivity contribution is 9.10. The Hall–Kier alpha value is -1.63. The van der Waals surface area contributed by atoms with Gasteiger partial charge in [-0.2, -0.15) is 0 Å². The van der Waals surface area contributed by atoms with Crippen molar-refractivity contribution in [3.05, 3.63) is 56.9 Å². The summed E-state index contributed by atoms with van der Waals surface area (Å²) >= 11 is 7.02. The number of thiazole rings is 1. The van der Waals surface area contributed by atoms with Crippen LogP contribution in [0.1, 0.15) is 16.0 Å². The normalized spacial score (nSPS) is 12.4. The third-order valence-corrected chi connectivity index (χ3v) is 6.59. The van der Waals surface area contributed by atoms with E-state index < -0.39 is 0 Å². The van der Waals surface area contributed by atoms with Crippen molar-refractivity contribution in [1.29, 1.82) is 0 Å². The Morgan fingerprint density at radius 1 is 1.24 bits per heavy atom. The van der Waals surface area contributed by atoms with Crippen LogP contribution in [0.5, 0.6) is 5.75 Å². The highest BCUT2D eigenvalue weighted by atomic mass is 79.9. The van der Waals surface area contributed by atoms with Crippen LogP contribution < -0.4 is 4.74 Å². The fourth-order valence-corrected chi connectivity index (χ4v) is 4.70. The quantitative estimate of drug-likeness (QED) is 0.296. The lowest BCUT2D eigenvalue weighted by Crippen LogP contribution is -1.90. The summed E-state index contributed by atoms with van der Waals surface area (Å²) in [4.78, 5) is 11.8. The van der Waals surface area contributed by atoms with Crippen LogP contribution in [0.4, 0.5) is 5.13 Å². The van der Waals surface area contributed by atoms with E-state index in [1.165, 1.54) is 15.3 Å². The van der Waals surface area contributed by atoms with Crippen molar-refractivity contribution >= 4 is 50.4 Å². The van der Waals surface area contributed by atoms with Gasteiger partial charge in [-0.3, -0.25) is 0 Å². The number of rotatable bonds is 4. The SMILES string of the molecule is COc1ccc(Br)c2c1-c1nc(N=Cc3ccc(SC)cc3)sc1C2. The van der Waals surface area contributed by atoms with Gasteiger partial charge in [0.05, 0.1) is 12.8 Å². The molecule has 2 aromatic carbocycles. The number of ether oxygens (including phenoxy) is 1. The molecule has 3 nitrogen and oxygen atoms in total. The number of benzene rings is 2. The number of nitrogens with zero attached hydrogens (tertiary/aromatic N) is 2. The van der Waals surface area contributed by atoms with E-state index in [0.29, 0.717) is 0 Å². The number of aromatic nitrogens is 1. The van der Waals surface area contributed by atoms with Crippen molar-refractivity contribution in [2.75, 3.05) is 13.4 Å². The second-order valence-corrected chi connectivity index (χ2v) is 8.38. The van der Waals surface area contributed by atoms with E-state index in [1.54, 1.807) is 30.2 Å². The van der Waals surface area contributed by atoms with Crippen LogP contribution in [0.2, 0.25) is 0 Å². The minimum Gasteiger partial charge on any atom is -0.496 e. The molecule has 0 radical (unpaired) electrons. The van der Waals surface area contributed by atoms with Crippen LogP contribution in [-0.4, -0.2) is 24.6 Å². The summed E-state index contributed by atoms with van der Waals surface area (Å²) in [5.41, 5.74) is 4.42. The fraction of sp³-hybridized carbons (Fsp3) is 0.158. The average Bonchev–Trinajstić information content (AvgIpc) is 3.19. The third-order valence-electron chi connectivity index (χ3n) is 4.14. The average molecular weight is 431 g/mol. The highest BCUT2D eigenvalue weighted by Crippen LogP contribution is 2.48. The first-order valence-corrected chi connectivity index (χ1v) is 10.6. The van der Waals surface area contributed by atoms with Gasteiger partial charge in [0.15, 0.2) is 0 Å². The Morgan fingerprint density at radius 3 is 2.76 bits per heavy atom. The Balaban J connectivity index is 1.65. The summed E-state index contributed by atoms with van der Waals surface area (Å²) in [6.07, 6.45) is 4.82. The highest BCUT2D eigenvalue weighted by Gasteiger charge is 2.28. The topological polar surface area (TPSA) is 34.5 Å². The van der Waals surface area contributed by atoms with Crippen LogP contribution in [0.25, 0.3) is 11.3 Å². The summed E-state index contributed by atoms with van der Waals surface area (Å²) in [6.45, 7) is 0. The first-order chi connectivity index (χ1) is 12.2. The van der Waals surface area contributed by atoms with Gasteiger partial charge in [-0.05, 0) is 41.6 Å². The lowest BCUT2D eigenvalue weighted by molar-refractivity contribution is 0.416. The Morgan fingerprint density at radius 2 is 2.04 bits per heavy atom. The molecule has 3 aromatic rings.